The Hall–Kier alpha value is -8.12. The number of fused-ring (bicyclic) bond motifs is 18. The van der Waals surface area contributed by atoms with E-state index in [1.54, 1.807) is 0 Å². The second-order valence-corrected chi connectivity index (χ2v) is 29.0. The van der Waals surface area contributed by atoms with Gasteiger partial charge in [-0.2, -0.15) is 0 Å². The zero-order valence-electron chi connectivity index (χ0n) is 49.8. The molecule has 83 heavy (non-hydrogen) atoms. The molecule has 0 radical (unpaired) electrons. The number of hydrogen-bond donors (Lipinski definition) is 0. The van der Waals surface area contributed by atoms with Crippen LogP contribution in [0.5, 0.6) is 0 Å². The Morgan fingerprint density at radius 3 is 1.66 bits per heavy atom. The lowest BCUT2D eigenvalue weighted by molar-refractivity contribution is 0.332. The molecule has 5 aliphatic rings. The van der Waals surface area contributed by atoms with Crippen molar-refractivity contribution in [1.82, 2.24) is 0 Å². The molecule has 11 aromatic rings. The molecule has 10 aromatic carbocycles. The normalized spacial score (nSPS) is 16.3. The van der Waals surface area contributed by atoms with E-state index in [2.05, 4.69) is 291 Å². The molecule has 0 bridgehead atoms. The molecule has 0 amide bonds. The molecule has 16 rings (SSSR count). The maximum atomic E-state index is 2.82. The van der Waals surface area contributed by atoms with Crippen molar-refractivity contribution in [2.45, 2.75) is 116 Å². The fourth-order valence-electron chi connectivity index (χ4n) is 15.8. The largest absolute Gasteiger partial charge is 0.376 e. The van der Waals surface area contributed by atoms with Gasteiger partial charge in [0.2, 0.25) is 0 Å². The zero-order chi connectivity index (χ0) is 56.9. The number of para-hydroxylation sites is 2. The first-order valence-electron chi connectivity index (χ1n) is 30.2. The van der Waals surface area contributed by atoms with Crippen molar-refractivity contribution >= 4 is 94.8 Å². The highest BCUT2D eigenvalue weighted by atomic mass is 32.1. The Morgan fingerprint density at radius 1 is 0.458 bits per heavy atom. The maximum absolute atomic E-state index is 2.82. The van der Waals surface area contributed by atoms with Crippen LogP contribution in [-0.4, -0.2) is 6.85 Å². The molecule has 406 valence electrons. The quantitative estimate of drug-likeness (QED) is 0.163. The molecule has 0 saturated carbocycles. The van der Waals surface area contributed by atoms with Gasteiger partial charge in [0.1, 0.15) is 0 Å². The Morgan fingerprint density at radius 2 is 1.02 bits per heavy atom. The average molecular weight is 1090 g/mol. The summed E-state index contributed by atoms with van der Waals surface area (Å²) in [6, 6.07) is 78.5. The van der Waals surface area contributed by atoms with Crippen molar-refractivity contribution in [3.8, 4) is 22.3 Å². The highest BCUT2D eigenvalue weighted by Crippen LogP contribution is 2.65. The van der Waals surface area contributed by atoms with Crippen LogP contribution in [0.15, 0.2) is 200 Å². The van der Waals surface area contributed by atoms with Gasteiger partial charge >= 0.3 is 6.85 Å². The van der Waals surface area contributed by atoms with E-state index in [1.165, 1.54) is 138 Å². The van der Waals surface area contributed by atoms with Crippen LogP contribution >= 0.6 is 11.3 Å². The SMILES string of the molecule is Cc1cc2c(cc1N1B3c4cccc5c4N(c4ccccc4C54c5ccccc5-c5ccccc54)c4cc(N(c5ccc(C(C)(C)C)cc5)c5ccc(C(C)(C)C)cc5)cc(c43)-c3c1ccc1c3sc3ccccc31)C(C)(C)CCC2(C)C. The molecule has 0 saturated heterocycles. The maximum Gasteiger partial charge on any atom is 0.333 e. The van der Waals surface area contributed by atoms with Crippen LogP contribution in [0.2, 0.25) is 0 Å². The van der Waals surface area contributed by atoms with Gasteiger partial charge in [-0.1, -0.05) is 209 Å². The molecule has 3 aliphatic heterocycles. The van der Waals surface area contributed by atoms with Gasteiger partial charge in [0.15, 0.2) is 0 Å². The Balaban J connectivity index is 1.07. The third-order valence-electron chi connectivity index (χ3n) is 20.1. The number of thiophene rings is 1. The van der Waals surface area contributed by atoms with Gasteiger partial charge in [-0.15, -0.1) is 11.3 Å². The van der Waals surface area contributed by atoms with Crippen molar-refractivity contribution in [3.63, 3.8) is 0 Å². The minimum absolute atomic E-state index is 0.000746. The summed E-state index contributed by atoms with van der Waals surface area (Å²) < 4.78 is 2.64. The molecule has 0 N–H and O–H groups in total. The fraction of sp³-hybridized carbons (Fsp3) is 0.231. The van der Waals surface area contributed by atoms with Crippen molar-refractivity contribution < 1.29 is 0 Å². The van der Waals surface area contributed by atoms with Crippen LogP contribution in [0.1, 0.15) is 132 Å². The van der Waals surface area contributed by atoms with E-state index >= 15 is 0 Å². The van der Waals surface area contributed by atoms with E-state index in [4.69, 9.17) is 0 Å². The van der Waals surface area contributed by atoms with Crippen LogP contribution in [0, 0.1) is 6.92 Å². The summed E-state index contributed by atoms with van der Waals surface area (Å²) in [5, 5.41) is 2.62. The summed E-state index contributed by atoms with van der Waals surface area (Å²) in [7, 11) is 0. The highest BCUT2D eigenvalue weighted by Gasteiger charge is 2.56. The van der Waals surface area contributed by atoms with Crippen molar-refractivity contribution in [2.24, 2.45) is 0 Å². The highest BCUT2D eigenvalue weighted by molar-refractivity contribution is 7.26. The third-order valence-corrected chi connectivity index (χ3v) is 21.3. The summed E-state index contributed by atoms with van der Waals surface area (Å²) in [5.41, 5.74) is 29.3. The van der Waals surface area contributed by atoms with Gasteiger partial charge in [-0.25, -0.2) is 0 Å². The van der Waals surface area contributed by atoms with E-state index in [0.717, 1.165) is 23.5 Å². The molecule has 0 fully saturated rings. The Bertz CT molecular complexity index is 4460. The smallest absolute Gasteiger partial charge is 0.333 e. The number of benzene rings is 10. The van der Waals surface area contributed by atoms with E-state index < -0.39 is 5.41 Å². The molecule has 5 heteroatoms. The second kappa shape index (κ2) is 17.2. The van der Waals surface area contributed by atoms with Gasteiger partial charge in [0, 0.05) is 65.5 Å². The minimum atomic E-state index is -0.572. The summed E-state index contributed by atoms with van der Waals surface area (Å²) in [6.45, 7) is 26.0. The molecular weight excluding hydrogens is 1020 g/mol. The standard InChI is InChI=1S/C78H70BN3S/c1-47-43-62-63(77(10,11)42-41-76(62,8)9)46-67(47)82-66-40-39-56-55-23-14-19-30-69(55)83-73(56)70(66)57-44-52(80(50-35-31-48(32-36-50)74(2,3)4)51-37-33-49(34-38-51)75(5,6)7)45-68-71(57)79(82)64-28-20-27-61-72(64)81(68)65-29-18-17-26-60(65)78(61)58-24-15-12-21-53(58)54-22-13-16-25-59(54)78/h12-40,43-46H,41-42H2,1-11H3. The summed E-state index contributed by atoms with van der Waals surface area (Å²) in [6.07, 6.45) is 2.32. The number of rotatable bonds is 4. The number of hydrogen-bond acceptors (Lipinski definition) is 4. The summed E-state index contributed by atoms with van der Waals surface area (Å²) >= 11 is 1.95. The predicted octanol–water partition coefficient (Wildman–Crippen LogP) is 20.2. The zero-order valence-corrected chi connectivity index (χ0v) is 50.6. The fourth-order valence-corrected chi connectivity index (χ4v) is 17.1. The number of aryl methyl sites for hydroxylation is 1. The lowest BCUT2D eigenvalue weighted by atomic mass is 9.42. The van der Waals surface area contributed by atoms with Crippen LogP contribution < -0.4 is 25.5 Å². The minimum Gasteiger partial charge on any atom is -0.376 e. The molecule has 3 nitrogen and oxygen atoms in total. The first-order valence-corrected chi connectivity index (χ1v) is 31.0. The summed E-state index contributed by atoms with van der Waals surface area (Å²) in [4.78, 5) is 8.08. The average Bonchev–Trinajstić information content (AvgIpc) is 1.80. The third kappa shape index (κ3) is 6.98. The van der Waals surface area contributed by atoms with Crippen LogP contribution in [-0.2, 0) is 27.1 Å². The number of anilines is 8. The Labute approximate surface area is 495 Å². The molecule has 4 heterocycles. The molecular formula is C78H70BN3S. The van der Waals surface area contributed by atoms with Crippen molar-refractivity contribution in [3.05, 3.63) is 250 Å². The summed E-state index contributed by atoms with van der Waals surface area (Å²) in [5.74, 6) is 0. The lowest BCUT2D eigenvalue weighted by Crippen LogP contribution is -2.63. The topological polar surface area (TPSA) is 9.72 Å². The van der Waals surface area contributed by atoms with E-state index in [1.807, 2.05) is 11.3 Å². The lowest BCUT2D eigenvalue weighted by Gasteiger charge is -2.52. The first kappa shape index (κ1) is 50.6. The van der Waals surface area contributed by atoms with E-state index in [0.29, 0.717) is 0 Å². The monoisotopic (exact) mass is 1090 g/mol. The van der Waals surface area contributed by atoms with Gasteiger partial charge in [0.25, 0.3) is 0 Å². The molecule has 0 unspecified atom stereocenters. The Kier molecular flexibility index (Phi) is 10.5. The second-order valence-electron chi connectivity index (χ2n) is 28.0. The van der Waals surface area contributed by atoms with Crippen LogP contribution in [0.3, 0.4) is 0 Å². The van der Waals surface area contributed by atoms with Gasteiger partial charge in [0.05, 0.1) is 11.1 Å². The van der Waals surface area contributed by atoms with Crippen molar-refractivity contribution in [2.75, 3.05) is 14.6 Å². The predicted molar refractivity (Wildman–Crippen MR) is 356 cm³/mol. The number of nitrogens with zero attached hydrogens (tertiary/aromatic N) is 3. The molecule has 1 aromatic heterocycles. The molecule has 1 spiro atoms. The molecule has 0 atom stereocenters. The van der Waals surface area contributed by atoms with Gasteiger partial charge < -0.3 is 14.6 Å². The van der Waals surface area contributed by atoms with Gasteiger partial charge in [-0.3, -0.25) is 0 Å². The van der Waals surface area contributed by atoms with Gasteiger partial charge in [-0.05, 0) is 180 Å². The van der Waals surface area contributed by atoms with Crippen LogP contribution in [0.4, 0.5) is 45.5 Å². The first-order chi connectivity index (χ1) is 39.8. The van der Waals surface area contributed by atoms with E-state index in [9.17, 15) is 0 Å². The molecule has 2 aliphatic carbocycles. The van der Waals surface area contributed by atoms with Crippen LogP contribution in [0.25, 0.3) is 42.4 Å². The van der Waals surface area contributed by atoms with Crippen molar-refractivity contribution in [1.29, 1.82) is 0 Å². The van der Waals surface area contributed by atoms with E-state index in [-0.39, 0.29) is 28.5 Å².